The average molecular weight is 441 g/mol. The zero-order chi connectivity index (χ0) is 23.8. The molecule has 4 nitrogen and oxygen atoms in total. The first-order valence-corrected chi connectivity index (χ1v) is 11.6. The van der Waals surface area contributed by atoms with Crippen LogP contribution >= 0.6 is 0 Å². The number of hydrogen-bond donors (Lipinski definition) is 1. The summed E-state index contributed by atoms with van der Waals surface area (Å²) in [5.74, 6) is 0.580. The van der Waals surface area contributed by atoms with E-state index < -0.39 is 0 Å². The number of ether oxygens (including phenoxy) is 1. The van der Waals surface area contributed by atoms with Gasteiger partial charge in [-0.3, -0.25) is 4.79 Å². The largest absolute Gasteiger partial charge is 0.489 e. The summed E-state index contributed by atoms with van der Waals surface area (Å²) >= 11 is 0. The van der Waals surface area contributed by atoms with Crippen molar-refractivity contribution in [3.8, 4) is 11.8 Å². The second-order valence-electron chi connectivity index (χ2n) is 8.53. The Labute approximate surface area is 197 Å². The fraction of sp³-hybridized carbons (Fsp3) is 0.310. The molecule has 0 aliphatic rings. The molecule has 3 aromatic rings. The minimum absolute atomic E-state index is 0.0424. The average Bonchev–Trinajstić information content (AvgIpc) is 2.81. The number of nitriles is 1. The fourth-order valence-corrected chi connectivity index (χ4v) is 4.10. The van der Waals surface area contributed by atoms with E-state index in [1.807, 2.05) is 24.3 Å². The number of benzene rings is 3. The van der Waals surface area contributed by atoms with Crippen molar-refractivity contribution in [3.05, 3.63) is 99.6 Å². The van der Waals surface area contributed by atoms with Crippen LogP contribution < -0.4 is 10.1 Å². The van der Waals surface area contributed by atoms with E-state index in [1.54, 1.807) is 18.2 Å². The molecule has 0 radical (unpaired) electrons. The highest BCUT2D eigenvalue weighted by molar-refractivity contribution is 5.96. The molecule has 0 bridgehead atoms. The van der Waals surface area contributed by atoms with Gasteiger partial charge in [0.2, 0.25) is 0 Å². The van der Waals surface area contributed by atoms with Crippen molar-refractivity contribution in [3.63, 3.8) is 0 Å². The lowest BCUT2D eigenvalue weighted by Crippen LogP contribution is -2.29. The van der Waals surface area contributed by atoms with E-state index in [2.05, 4.69) is 57.3 Å². The molecule has 3 rings (SSSR count). The van der Waals surface area contributed by atoms with Gasteiger partial charge in [-0.2, -0.15) is 5.26 Å². The molecule has 1 N–H and O–H groups in total. The first-order chi connectivity index (χ1) is 15.9. The smallest absolute Gasteiger partial charge is 0.252 e. The van der Waals surface area contributed by atoms with Crippen molar-refractivity contribution >= 4 is 5.91 Å². The van der Waals surface area contributed by atoms with Gasteiger partial charge in [0.15, 0.2) is 0 Å². The fourth-order valence-electron chi connectivity index (χ4n) is 4.10. The minimum atomic E-state index is -0.0576. The Kier molecular flexibility index (Phi) is 8.27. The third-order valence-corrected chi connectivity index (χ3v) is 5.67. The molecule has 0 saturated heterocycles. The van der Waals surface area contributed by atoms with E-state index in [0.717, 1.165) is 36.0 Å². The molecular formula is C29H32N2O2. The number of carbonyl (C=O) groups is 1. The third kappa shape index (κ3) is 6.46. The van der Waals surface area contributed by atoms with Crippen molar-refractivity contribution in [2.45, 2.75) is 59.6 Å². The maximum absolute atomic E-state index is 13.4. The maximum atomic E-state index is 13.4. The van der Waals surface area contributed by atoms with Gasteiger partial charge in [-0.25, -0.2) is 0 Å². The molecule has 33 heavy (non-hydrogen) atoms. The van der Waals surface area contributed by atoms with Crippen LogP contribution in [0, 0.1) is 25.2 Å². The first-order valence-electron chi connectivity index (χ1n) is 11.6. The molecule has 0 saturated carbocycles. The van der Waals surface area contributed by atoms with Gasteiger partial charge >= 0.3 is 0 Å². The number of hydrogen-bond acceptors (Lipinski definition) is 3. The van der Waals surface area contributed by atoms with Gasteiger partial charge in [0.25, 0.3) is 5.91 Å². The van der Waals surface area contributed by atoms with Gasteiger partial charge in [-0.15, -0.1) is 0 Å². The lowest BCUT2D eigenvalue weighted by atomic mass is 9.97. The molecule has 0 fully saturated rings. The van der Waals surface area contributed by atoms with Gasteiger partial charge in [0, 0.05) is 5.56 Å². The Hall–Kier alpha value is -3.58. The van der Waals surface area contributed by atoms with Gasteiger partial charge in [0.05, 0.1) is 17.7 Å². The molecule has 0 spiro atoms. The van der Waals surface area contributed by atoms with Gasteiger partial charge < -0.3 is 10.1 Å². The van der Waals surface area contributed by atoms with Gasteiger partial charge in [0.1, 0.15) is 12.4 Å². The van der Waals surface area contributed by atoms with E-state index in [0.29, 0.717) is 23.5 Å². The van der Waals surface area contributed by atoms with Crippen LogP contribution in [0.4, 0.5) is 0 Å². The Morgan fingerprint density at radius 3 is 2.45 bits per heavy atom. The maximum Gasteiger partial charge on any atom is 0.252 e. The summed E-state index contributed by atoms with van der Waals surface area (Å²) in [7, 11) is 0. The first kappa shape index (κ1) is 24.1. The summed E-state index contributed by atoms with van der Waals surface area (Å²) in [5.41, 5.74) is 6.75. The molecule has 0 heterocycles. The monoisotopic (exact) mass is 440 g/mol. The molecular weight excluding hydrogens is 408 g/mol. The summed E-state index contributed by atoms with van der Waals surface area (Å²) in [6.45, 7) is 8.71. The Balaban J connectivity index is 1.81. The lowest BCUT2D eigenvalue weighted by Gasteiger charge is -2.20. The van der Waals surface area contributed by atoms with Crippen LogP contribution in [0.1, 0.15) is 76.5 Å². The van der Waals surface area contributed by atoms with Crippen molar-refractivity contribution < 1.29 is 9.53 Å². The molecule has 0 aliphatic heterocycles. The van der Waals surface area contributed by atoms with E-state index in [9.17, 15) is 4.79 Å². The van der Waals surface area contributed by atoms with Crippen LogP contribution in [0.3, 0.4) is 0 Å². The Morgan fingerprint density at radius 1 is 1.03 bits per heavy atom. The quantitative estimate of drug-likeness (QED) is 0.408. The van der Waals surface area contributed by atoms with Crippen LogP contribution in [0.25, 0.3) is 0 Å². The number of nitrogens with zero attached hydrogens (tertiary/aromatic N) is 1. The van der Waals surface area contributed by atoms with E-state index in [4.69, 9.17) is 10.00 Å². The Bertz CT molecular complexity index is 1140. The zero-order valence-corrected chi connectivity index (χ0v) is 19.9. The summed E-state index contributed by atoms with van der Waals surface area (Å²) in [6, 6.07) is 21.6. The molecule has 0 aromatic heterocycles. The van der Waals surface area contributed by atoms with E-state index in [-0.39, 0.29) is 11.9 Å². The number of carbonyl (C=O) groups excluding carboxylic acids is 1. The second-order valence-corrected chi connectivity index (χ2v) is 8.53. The van der Waals surface area contributed by atoms with Crippen molar-refractivity contribution in [2.75, 3.05) is 0 Å². The highest BCUT2D eigenvalue weighted by Crippen LogP contribution is 2.23. The van der Waals surface area contributed by atoms with Crippen LogP contribution in [0.5, 0.6) is 5.75 Å². The van der Waals surface area contributed by atoms with E-state index >= 15 is 0 Å². The second kappa shape index (κ2) is 11.3. The predicted molar refractivity (Wildman–Crippen MR) is 132 cm³/mol. The zero-order valence-electron chi connectivity index (χ0n) is 19.9. The number of aryl methyl sites for hydroxylation is 3. The molecule has 4 heteroatoms. The minimum Gasteiger partial charge on any atom is -0.489 e. The van der Waals surface area contributed by atoms with Gasteiger partial charge in [-0.05, 0) is 67.6 Å². The number of nitrogens with one attached hydrogen (secondary N) is 1. The van der Waals surface area contributed by atoms with Crippen LogP contribution in [-0.4, -0.2) is 5.91 Å². The van der Waals surface area contributed by atoms with Crippen LogP contribution in [0.15, 0.2) is 60.7 Å². The normalized spacial score (nSPS) is 11.5. The SMILES string of the molecule is CCCc1ccc(COc2cccc(C#N)c2)cc1C(=O)NC(CC)c1cc(C)cc(C)c1. The number of amides is 1. The van der Waals surface area contributed by atoms with Crippen molar-refractivity contribution in [2.24, 2.45) is 0 Å². The summed E-state index contributed by atoms with van der Waals surface area (Å²) in [4.78, 5) is 13.4. The van der Waals surface area contributed by atoms with Crippen molar-refractivity contribution in [1.82, 2.24) is 5.32 Å². The lowest BCUT2D eigenvalue weighted by molar-refractivity contribution is 0.0934. The third-order valence-electron chi connectivity index (χ3n) is 5.67. The topological polar surface area (TPSA) is 62.1 Å². The van der Waals surface area contributed by atoms with Crippen LogP contribution in [0.2, 0.25) is 0 Å². The molecule has 1 unspecified atom stereocenters. The standard InChI is InChI=1S/C29H32N2O2/c1-5-8-24-12-11-23(19-33-26-10-7-9-22(16-26)18-30)17-27(24)29(32)31-28(6-2)25-14-20(3)13-21(4)15-25/h7,9-17,28H,5-6,8,19H2,1-4H3,(H,31,32). The number of rotatable bonds is 9. The molecule has 1 atom stereocenters. The summed E-state index contributed by atoms with van der Waals surface area (Å²) in [5, 5.41) is 12.3. The van der Waals surface area contributed by atoms with Crippen LogP contribution in [-0.2, 0) is 13.0 Å². The molecule has 0 aliphatic carbocycles. The van der Waals surface area contributed by atoms with E-state index in [1.165, 1.54) is 11.1 Å². The highest BCUT2D eigenvalue weighted by Gasteiger charge is 2.18. The van der Waals surface area contributed by atoms with Crippen molar-refractivity contribution in [1.29, 1.82) is 5.26 Å². The highest BCUT2D eigenvalue weighted by atomic mass is 16.5. The predicted octanol–water partition coefficient (Wildman–Crippen LogP) is 6.59. The summed E-state index contributed by atoms with van der Waals surface area (Å²) in [6.07, 6.45) is 2.62. The molecule has 3 aromatic carbocycles. The Morgan fingerprint density at radius 2 is 1.79 bits per heavy atom. The molecule has 1 amide bonds. The molecule has 170 valence electrons. The van der Waals surface area contributed by atoms with Gasteiger partial charge in [-0.1, -0.05) is 67.8 Å². The summed E-state index contributed by atoms with van der Waals surface area (Å²) < 4.78 is 5.88.